The van der Waals surface area contributed by atoms with Crippen LogP contribution >= 0.6 is 0 Å². The third-order valence-corrected chi connectivity index (χ3v) is 3.77. The molecule has 132 valence electrons. The first kappa shape index (κ1) is 18.1. The average molecular weight is 345 g/mol. The van der Waals surface area contributed by atoms with Crippen LogP contribution in [0.3, 0.4) is 0 Å². The number of alkyl halides is 3. The van der Waals surface area contributed by atoms with E-state index in [0.29, 0.717) is 31.5 Å². The molecule has 1 fully saturated rings. The van der Waals surface area contributed by atoms with Gasteiger partial charge in [0.25, 0.3) is 0 Å². The molecule has 4 N–H and O–H groups in total. The van der Waals surface area contributed by atoms with Gasteiger partial charge >= 0.3 is 12.3 Å². The lowest BCUT2D eigenvalue weighted by atomic mass is 10.1. The van der Waals surface area contributed by atoms with Crippen LogP contribution in [0.2, 0.25) is 0 Å². The fraction of sp³-hybridized carbons (Fsp3) is 0.467. The van der Waals surface area contributed by atoms with Crippen molar-refractivity contribution in [1.29, 1.82) is 0 Å². The van der Waals surface area contributed by atoms with Crippen molar-refractivity contribution in [2.75, 3.05) is 13.1 Å². The van der Waals surface area contributed by atoms with Crippen LogP contribution in [-0.2, 0) is 17.4 Å². The van der Waals surface area contributed by atoms with Crippen molar-refractivity contribution in [1.82, 2.24) is 16.0 Å². The van der Waals surface area contributed by atoms with E-state index in [9.17, 15) is 22.8 Å². The molecule has 1 aliphatic heterocycles. The van der Waals surface area contributed by atoms with Crippen molar-refractivity contribution in [3.05, 3.63) is 35.4 Å². The topological polar surface area (TPSA) is 90.5 Å². The Morgan fingerprint density at radius 2 is 1.92 bits per heavy atom. The van der Waals surface area contributed by atoms with E-state index in [0.717, 1.165) is 12.1 Å². The zero-order valence-corrected chi connectivity index (χ0v) is 12.7. The predicted molar refractivity (Wildman–Crippen MR) is 79.5 cm³/mol. The molecule has 1 saturated heterocycles. The second kappa shape index (κ2) is 7.52. The highest BCUT2D eigenvalue weighted by atomic mass is 19.4. The van der Waals surface area contributed by atoms with Crippen molar-refractivity contribution < 1.29 is 27.9 Å². The second-order valence-corrected chi connectivity index (χ2v) is 5.58. The molecular weight excluding hydrogens is 327 g/mol. The highest BCUT2D eigenvalue weighted by Crippen LogP contribution is 2.29. The maximum Gasteiger partial charge on any atom is 0.416 e. The molecule has 6 nitrogen and oxygen atoms in total. The number of amides is 2. The molecule has 0 radical (unpaired) electrons. The molecular formula is C15H18F3N3O3. The van der Waals surface area contributed by atoms with Crippen molar-refractivity contribution in [3.8, 4) is 0 Å². The van der Waals surface area contributed by atoms with Crippen LogP contribution in [0.15, 0.2) is 24.3 Å². The summed E-state index contributed by atoms with van der Waals surface area (Å²) in [5.41, 5.74) is -0.0180. The van der Waals surface area contributed by atoms with Gasteiger partial charge < -0.3 is 21.1 Å². The van der Waals surface area contributed by atoms with E-state index >= 15 is 0 Å². The number of halogens is 3. The van der Waals surface area contributed by atoms with Gasteiger partial charge in [0.05, 0.1) is 11.6 Å². The third kappa shape index (κ3) is 5.12. The molecule has 1 heterocycles. The van der Waals surface area contributed by atoms with Crippen LogP contribution in [0, 0.1) is 0 Å². The minimum absolute atomic E-state index is 0.253. The quantitative estimate of drug-likeness (QED) is 0.649. The fourth-order valence-corrected chi connectivity index (χ4v) is 2.53. The molecule has 1 unspecified atom stereocenters. The van der Waals surface area contributed by atoms with E-state index in [1.807, 2.05) is 0 Å². The first-order valence-corrected chi connectivity index (χ1v) is 7.42. The molecule has 2 amide bonds. The molecule has 0 saturated carbocycles. The number of carbonyl (C=O) groups is 2. The first-order chi connectivity index (χ1) is 11.3. The summed E-state index contributed by atoms with van der Waals surface area (Å²) in [7, 11) is 0. The van der Waals surface area contributed by atoms with Gasteiger partial charge in [0, 0.05) is 19.1 Å². The molecule has 0 aliphatic carbocycles. The van der Waals surface area contributed by atoms with Gasteiger partial charge in [-0.25, -0.2) is 4.79 Å². The lowest BCUT2D eigenvalue weighted by molar-refractivity contribution is -0.137. The standard InChI is InChI=1S/C15H18F3N3O3/c16-15(17,18)10-3-1-9(2-4-10)5-6-19-13(22)12-7-11(8-20-12)21-14(23)24/h1-4,11-12,20-21H,5-8H2,(H,19,22)(H,23,24)/t11-,12?/m1/s1. The Hall–Kier alpha value is -2.29. The van der Waals surface area contributed by atoms with E-state index in [4.69, 9.17) is 5.11 Å². The van der Waals surface area contributed by atoms with Crippen LogP contribution in [-0.4, -0.2) is 42.3 Å². The van der Waals surface area contributed by atoms with E-state index in [1.54, 1.807) is 0 Å². The SMILES string of the molecule is O=C(O)N[C@H]1CNC(C(=O)NCCc2ccc(C(F)(F)F)cc2)C1. The van der Waals surface area contributed by atoms with Crippen LogP contribution in [0.5, 0.6) is 0 Å². The Bertz CT molecular complexity index is 590. The van der Waals surface area contributed by atoms with E-state index in [2.05, 4.69) is 16.0 Å². The number of carbonyl (C=O) groups excluding carboxylic acids is 1. The molecule has 9 heteroatoms. The highest BCUT2D eigenvalue weighted by Gasteiger charge is 2.31. The summed E-state index contributed by atoms with van der Waals surface area (Å²) >= 11 is 0. The zero-order chi connectivity index (χ0) is 17.7. The van der Waals surface area contributed by atoms with Gasteiger partial charge in [0.15, 0.2) is 0 Å². The zero-order valence-electron chi connectivity index (χ0n) is 12.7. The number of carboxylic acid groups (broad SMARTS) is 1. The van der Waals surface area contributed by atoms with Gasteiger partial charge in [-0.15, -0.1) is 0 Å². The Morgan fingerprint density at radius 1 is 1.25 bits per heavy atom. The second-order valence-electron chi connectivity index (χ2n) is 5.58. The van der Waals surface area contributed by atoms with Gasteiger partial charge in [0.2, 0.25) is 5.91 Å². The van der Waals surface area contributed by atoms with Gasteiger partial charge in [-0.05, 0) is 30.5 Å². The summed E-state index contributed by atoms with van der Waals surface area (Å²) in [5, 5.41) is 16.5. The summed E-state index contributed by atoms with van der Waals surface area (Å²) < 4.78 is 37.4. The maximum absolute atomic E-state index is 12.5. The predicted octanol–water partition coefficient (Wildman–Crippen LogP) is 1.36. The molecule has 1 aliphatic rings. The van der Waals surface area contributed by atoms with Crippen LogP contribution < -0.4 is 16.0 Å². The maximum atomic E-state index is 12.5. The van der Waals surface area contributed by atoms with Gasteiger partial charge in [-0.3, -0.25) is 4.79 Å². The summed E-state index contributed by atoms with van der Waals surface area (Å²) in [6, 6.07) is 4.00. The number of rotatable bonds is 5. The Balaban J connectivity index is 1.74. The van der Waals surface area contributed by atoms with Crippen LogP contribution in [0.25, 0.3) is 0 Å². The molecule has 0 spiro atoms. The van der Waals surface area contributed by atoms with E-state index in [1.165, 1.54) is 12.1 Å². The van der Waals surface area contributed by atoms with Crippen molar-refractivity contribution in [2.45, 2.75) is 31.1 Å². The number of nitrogens with one attached hydrogen (secondary N) is 3. The lowest BCUT2D eigenvalue weighted by Gasteiger charge is -2.12. The normalized spacial score (nSPS) is 20.6. The first-order valence-electron chi connectivity index (χ1n) is 7.42. The molecule has 2 rings (SSSR count). The Kier molecular flexibility index (Phi) is 5.66. The average Bonchev–Trinajstić information content (AvgIpc) is 2.94. The van der Waals surface area contributed by atoms with Crippen molar-refractivity contribution in [2.24, 2.45) is 0 Å². The van der Waals surface area contributed by atoms with Gasteiger partial charge in [-0.2, -0.15) is 13.2 Å². The number of hydrogen-bond donors (Lipinski definition) is 4. The van der Waals surface area contributed by atoms with Crippen LogP contribution in [0.4, 0.5) is 18.0 Å². The summed E-state index contributed by atoms with van der Waals surface area (Å²) in [5.74, 6) is -0.253. The van der Waals surface area contributed by atoms with Crippen LogP contribution in [0.1, 0.15) is 17.5 Å². The van der Waals surface area contributed by atoms with E-state index < -0.39 is 23.9 Å². The van der Waals surface area contributed by atoms with Crippen molar-refractivity contribution >= 4 is 12.0 Å². The summed E-state index contributed by atoms with van der Waals surface area (Å²) in [6.07, 6.45) is -4.72. The van der Waals surface area contributed by atoms with Crippen molar-refractivity contribution in [3.63, 3.8) is 0 Å². The molecule has 0 bridgehead atoms. The molecule has 24 heavy (non-hydrogen) atoms. The minimum Gasteiger partial charge on any atom is -0.465 e. The molecule has 2 atom stereocenters. The Labute approximate surface area is 136 Å². The number of hydrogen-bond acceptors (Lipinski definition) is 3. The van der Waals surface area contributed by atoms with E-state index in [-0.39, 0.29) is 11.9 Å². The molecule has 0 aromatic heterocycles. The third-order valence-electron chi connectivity index (χ3n) is 3.77. The molecule has 1 aromatic rings. The number of benzene rings is 1. The highest BCUT2D eigenvalue weighted by molar-refractivity contribution is 5.82. The summed E-state index contributed by atoms with van der Waals surface area (Å²) in [6.45, 7) is 0.669. The monoisotopic (exact) mass is 345 g/mol. The lowest BCUT2D eigenvalue weighted by Crippen LogP contribution is -2.41. The minimum atomic E-state index is -4.36. The Morgan fingerprint density at radius 3 is 2.50 bits per heavy atom. The largest absolute Gasteiger partial charge is 0.465 e. The van der Waals surface area contributed by atoms with Gasteiger partial charge in [0.1, 0.15) is 0 Å². The fourth-order valence-electron chi connectivity index (χ4n) is 2.53. The van der Waals surface area contributed by atoms with Gasteiger partial charge in [-0.1, -0.05) is 12.1 Å². The summed E-state index contributed by atoms with van der Waals surface area (Å²) in [4.78, 5) is 22.5. The smallest absolute Gasteiger partial charge is 0.416 e. The molecule has 1 aromatic carbocycles.